The Morgan fingerprint density at radius 1 is 0.911 bits per heavy atom. The Balaban J connectivity index is 1.32. The molecule has 2 fully saturated rings. The molecule has 0 aliphatic carbocycles. The van der Waals surface area contributed by atoms with Crippen molar-refractivity contribution in [2.45, 2.75) is 49.1 Å². The second kappa shape index (κ2) is 12.5. The van der Waals surface area contributed by atoms with Crippen molar-refractivity contribution in [2.24, 2.45) is 0 Å². The first-order chi connectivity index (χ1) is 21.7. The van der Waals surface area contributed by atoms with Gasteiger partial charge in [0.15, 0.2) is 23.7 Å². The molecule has 1 unspecified atom stereocenters. The fraction of sp³-hybridized carbons (Fsp3) is 0.345. The van der Waals surface area contributed by atoms with E-state index in [-0.39, 0.29) is 28.9 Å². The van der Waals surface area contributed by atoms with Crippen LogP contribution in [-0.4, -0.2) is 113 Å². The molecule has 8 atom stereocenters. The molecule has 6 rings (SSSR count). The number of rotatable bonds is 7. The number of carbonyl (C=O) groups is 2. The van der Waals surface area contributed by atoms with Gasteiger partial charge >= 0.3 is 0 Å². The first kappa shape index (κ1) is 30.6. The second-order valence-corrected chi connectivity index (χ2v) is 10.5. The van der Waals surface area contributed by atoms with Gasteiger partial charge in [-0.1, -0.05) is 36.4 Å². The molecule has 1 amide bonds. The van der Waals surface area contributed by atoms with Gasteiger partial charge in [0.2, 0.25) is 5.95 Å². The van der Waals surface area contributed by atoms with E-state index < -0.39 is 79.1 Å². The third kappa shape index (κ3) is 5.76. The van der Waals surface area contributed by atoms with Crippen molar-refractivity contribution in [3.63, 3.8) is 0 Å². The van der Waals surface area contributed by atoms with Crippen LogP contribution in [-0.2, 0) is 14.2 Å². The van der Waals surface area contributed by atoms with Crippen LogP contribution < -0.4 is 10.9 Å². The Kier molecular flexibility index (Phi) is 8.54. The molecule has 0 saturated carbocycles. The predicted molar refractivity (Wildman–Crippen MR) is 152 cm³/mol. The lowest BCUT2D eigenvalue weighted by Crippen LogP contribution is -2.54. The van der Waals surface area contributed by atoms with Crippen LogP contribution in [0.4, 0.5) is 5.95 Å². The molecule has 4 aromatic rings. The first-order valence-corrected chi connectivity index (χ1v) is 13.9. The van der Waals surface area contributed by atoms with E-state index in [1.807, 2.05) is 0 Å². The van der Waals surface area contributed by atoms with Gasteiger partial charge in [-0.3, -0.25) is 24.3 Å². The number of aromatic nitrogens is 4. The molecule has 16 nitrogen and oxygen atoms in total. The summed E-state index contributed by atoms with van der Waals surface area (Å²) in [6.45, 7) is -0.710. The highest BCUT2D eigenvalue weighted by molar-refractivity contribution is 6.06. The molecule has 0 bridgehead atoms. The summed E-state index contributed by atoms with van der Waals surface area (Å²) in [4.78, 5) is 48.8. The molecular formula is C29H29N5O11. The zero-order chi connectivity index (χ0) is 31.8. The molecule has 2 aliphatic rings. The van der Waals surface area contributed by atoms with Crippen LogP contribution in [0.3, 0.4) is 0 Å². The molecule has 236 valence electrons. The van der Waals surface area contributed by atoms with Crippen molar-refractivity contribution in [3.8, 4) is 0 Å². The number of benzene rings is 2. The molecule has 4 heterocycles. The van der Waals surface area contributed by atoms with Crippen molar-refractivity contribution in [1.29, 1.82) is 0 Å². The van der Waals surface area contributed by atoms with E-state index in [0.717, 1.165) is 6.33 Å². The zero-order valence-electron chi connectivity index (χ0n) is 23.4. The van der Waals surface area contributed by atoms with E-state index >= 15 is 0 Å². The monoisotopic (exact) mass is 623 g/mol. The van der Waals surface area contributed by atoms with Gasteiger partial charge in [0.25, 0.3) is 17.4 Å². The summed E-state index contributed by atoms with van der Waals surface area (Å²) >= 11 is 0. The van der Waals surface area contributed by atoms with E-state index in [4.69, 9.17) is 14.2 Å². The molecule has 16 heteroatoms. The van der Waals surface area contributed by atoms with Crippen molar-refractivity contribution in [2.75, 3.05) is 18.5 Å². The van der Waals surface area contributed by atoms with Crippen molar-refractivity contribution in [3.05, 3.63) is 88.5 Å². The normalized spacial score (nSPS) is 28.3. The standard InChI is InChI=1S/C29H29N5O11/c35-16-11-43-28(22(39)19(16)36)44-12-17-20(37)21(38)27(45-17)33-13-30-18-23(33)31-29(32-24(40)14-7-3-1-4-8-14)34(26(18)42)25(41)15-9-5-2-6-10-15/h1-10,13,16-17,19-22,27-28,35-39H,11-12H2,(H,31,32,40)/t16-,17-,19-,20-,21-,22-,27-,28?/m1/s1. The SMILES string of the molecule is O=C(Nc1nc2c(ncn2[C@@H]2O[C@H](COC3OC[C@@H](O)[C@@H](O)[C@H]3O)[C@@H](O)[C@H]2O)c(=O)n1C(=O)c1ccccc1)c1ccccc1. The Bertz CT molecular complexity index is 1750. The van der Waals surface area contributed by atoms with E-state index in [2.05, 4.69) is 15.3 Å². The highest BCUT2D eigenvalue weighted by atomic mass is 16.7. The smallest absolute Gasteiger partial charge is 0.290 e. The highest BCUT2D eigenvalue weighted by Gasteiger charge is 2.46. The summed E-state index contributed by atoms with van der Waals surface area (Å²) in [6.07, 6.45) is -10.3. The minimum absolute atomic E-state index is 0.144. The van der Waals surface area contributed by atoms with Gasteiger partial charge in [0.05, 0.1) is 19.5 Å². The van der Waals surface area contributed by atoms with Gasteiger partial charge in [-0.15, -0.1) is 0 Å². The average Bonchev–Trinajstić information content (AvgIpc) is 3.60. The van der Waals surface area contributed by atoms with Crippen LogP contribution in [0, 0.1) is 0 Å². The van der Waals surface area contributed by atoms with Crippen LogP contribution in [0.25, 0.3) is 11.2 Å². The number of ether oxygens (including phenoxy) is 3. The van der Waals surface area contributed by atoms with Crippen LogP contribution >= 0.6 is 0 Å². The molecule has 2 aliphatic heterocycles. The molecule has 6 N–H and O–H groups in total. The summed E-state index contributed by atoms with van der Waals surface area (Å²) in [5.41, 5.74) is -0.985. The molecule has 2 saturated heterocycles. The summed E-state index contributed by atoms with van der Waals surface area (Å²) in [6, 6.07) is 16.0. The largest absolute Gasteiger partial charge is 0.388 e. The quantitative estimate of drug-likeness (QED) is 0.140. The Morgan fingerprint density at radius 3 is 2.27 bits per heavy atom. The molecule has 0 spiro atoms. The van der Waals surface area contributed by atoms with Crippen LogP contribution in [0.5, 0.6) is 0 Å². The number of aliphatic hydroxyl groups is 5. The first-order valence-electron chi connectivity index (χ1n) is 13.9. The molecule has 2 aromatic carbocycles. The number of amides is 1. The van der Waals surface area contributed by atoms with Gasteiger partial charge in [0.1, 0.15) is 36.6 Å². The maximum Gasteiger partial charge on any atom is 0.290 e. The Morgan fingerprint density at radius 2 is 1.58 bits per heavy atom. The number of aliphatic hydroxyl groups excluding tert-OH is 5. The summed E-state index contributed by atoms with van der Waals surface area (Å²) in [5, 5.41) is 53.7. The molecule has 45 heavy (non-hydrogen) atoms. The lowest BCUT2D eigenvalue weighted by Gasteiger charge is -2.35. The topological polar surface area (TPSA) is 228 Å². The van der Waals surface area contributed by atoms with Gasteiger partial charge in [-0.05, 0) is 24.3 Å². The van der Waals surface area contributed by atoms with Crippen molar-refractivity contribution >= 4 is 28.9 Å². The van der Waals surface area contributed by atoms with Crippen LogP contribution in [0.2, 0.25) is 0 Å². The number of carbonyl (C=O) groups excluding carboxylic acids is 2. The van der Waals surface area contributed by atoms with E-state index in [1.165, 1.54) is 28.8 Å². The summed E-state index contributed by atoms with van der Waals surface area (Å²) in [5.74, 6) is -1.85. The maximum absolute atomic E-state index is 13.7. The molecule has 2 aromatic heterocycles. The maximum atomic E-state index is 13.7. The fourth-order valence-electron chi connectivity index (χ4n) is 5.11. The zero-order valence-corrected chi connectivity index (χ0v) is 23.4. The van der Waals surface area contributed by atoms with Crippen LogP contribution in [0.15, 0.2) is 71.8 Å². The number of nitrogens with zero attached hydrogens (tertiary/aromatic N) is 4. The lowest BCUT2D eigenvalue weighted by atomic mass is 10.1. The summed E-state index contributed by atoms with van der Waals surface area (Å²) in [7, 11) is 0. The number of fused-ring (bicyclic) bond motifs is 1. The number of anilines is 1. The summed E-state index contributed by atoms with van der Waals surface area (Å²) < 4.78 is 18.4. The fourth-order valence-corrected chi connectivity index (χ4v) is 5.11. The van der Waals surface area contributed by atoms with Gasteiger partial charge in [-0.25, -0.2) is 9.55 Å². The minimum Gasteiger partial charge on any atom is -0.388 e. The third-order valence-corrected chi connectivity index (χ3v) is 7.57. The highest BCUT2D eigenvalue weighted by Crippen LogP contribution is 2.32. The van der Waals surface area contributed by atoms with Gasteiger partial charge in [-0.2, -0.15) is 4.98 Å². The number of imidazole rings is 1. The van der Waals surface area contributed by atoms with E-state index in [9.17, 15) is 39.9 Å². The number of hydrogen-bond acceptors (Lipinski definition) is 13. The number of hydrogen-bond donors (Lipinski definition) is 6. The van der Waals surface area contributed by atoms with Gasteiger partial charge in [0, 0.05) is 11.1 Å². The molecule has 0 radical (unpaired) electrons. The van der Waals surface area contributed by atoms with Crippen molar-refractivity contribution in [1.82, 2.24) is 19.1 Å². The minimum atomic E-state index is -1.59. The molecular weight excluding hydrogens is 594 g/mol. The second-order valence-electron chi connectivity index (χ2n) is 10.5. The average molecular weight is 624 g/mol. The Labute approximate surface area is 253 Å². The Hall–Kier alpha value is -4.39. The van der Waals surface area contributed by atoms with Crippen LogP contribution in [0.1, 0.15) is 26.9 Å². The lowest BCUT2D eigenvalue weighted by molar-refractivity contribution is -0.276. The predicted octanol–water partition coefficient (Wildman–Crippen LogP) is -1.39. The van der Waals surface area contributed by atoms with Crippen molar-refractivity contribution < 1.29 is 49.3 Å². The van der Waals surface area contributed by atoms with E-state index in [1.54, 1.807) is 36.4 Å². The van der Waals surface area contributed by atoms with Gasteiger partial charge < -0.3 is 39.7 Å². The number of nitrogens with one attached hydrogen (secondary N) is 1. The third-order valence-electron chi connectivity index (χ3n) is 7.57. The van der Waals surface area contributed by atoms with E-state index in [0.29, 0.717) is 4.57 Å².